The SMILES string of the molecule is CCOC1(OO)c2ccccc2C(=O)c2ccccc21. The fourth-order valence-corrected chi connectivity index (χ4v) is 2.71. The van der Waals surface area contributed by atoms with Gasteiger partial charge in [-0.05, 0) is 6.92 Å². The van der Waals surface area contributed by atoms with Crippen LogP contribution in [0.3, 0.4) is 0 Å². The largest absolute Gasteiger partial charge is 0.340 e. The fourth-order valence-electron chi connectivity index (χ4n) is 2.71. The summed E-state index contributed by atoms with van der Waals surface area (Å²) >= 11 is 0. The molecule has 0 saturated heterocycles. The van der Waals surface area contributed by atoms with E-state index in [1.165, 1.54) is 0 Å². The van der Waals surface area contributed by atoms with Gasteiger partial charge >= 0.3 is 0 Å². The van der Waals surface area contributed by atoms with Crippen molar-refractivity contribution >= 4 is 5.78 Å². The minimum Gasteiger partial charge on any atom is -0.340 e. The molecule has 1 aliphatic rings. The van der Waals surface area contributed by atoms with E-state index in [4.69, 9.17) is 9.62 Å². The van der Waals surface area contributed by atoms with Gasteiger partial charge in [0.15, 0.2) is 5.78 Å². The van der Waals surface area contributed by atoms with Crippen molar-refractivity contribution in [1.82, 2.24) is 0 Å². The lowest BCUT2D eigenvalue weighted by molar-refractivity contribution is -0.395. The molecular weight excluding hydrogens is 256 g/mol. The van der Waals surface area contributed by atoms with Crippen LogP contribution in [0.1, 0.15) is 34.0 Å². The number of rotatable bonds is 3. The minimum atomic E-state index is -1.45. The van der Waals surface area contributed by atoms with Crippen molar-refractivity contribution in [1.29, 1.82) is 0 Å². The van der Waals surface area contributed by atoms with Crippen LogP contribution >= 0.6 is 0 Å². The van der Waals surface area contributed by atoms with Gasteiger partial charge in [-0.25, -0.2) is 5.26 Å². The zero-order valence-corrected chi connectivity index (χ0v) is 11.0. The van der Waals surface area contributed by atoms with Gasteiger partial charge in [-0.2, -0.15) is 4.89 Å². The van der Waals surface area contributed by atoms with E-state index in [2.05, 4.69) is 0 Å². The van der Waals surface area contributed by atoms with Crippen LogP contribution in [0.25, 0.3) is 0 Å². The van der Waals surface area contributed by atoms with E-state index in [1.807, 2.05) is 6.92 Å². The van der Waals surface area contributed by atoms with E-state index in [1.54, 1.807) is 48.5 Å². The molecule has 0 saturated carbocycles. The lowest BCUT2D eigenvalue weighted by Crippen LogP contribution is -2.40. The zero-order chi connectivity index (χ0) is 14.2. The molecule has 1 N–H and O–H groups in total. The van der Waals surface area contributed by atoms with Crippen molar-refractivity contribution in [3.05, 3.63) is 70.8 Å². The highest BCUT2D eigenvalue weighted by Gasteiger charge is 2.46. The van der Waals surface area contributed by atoms with Crippen LogP contribution < -0.4 is 0 Å². The molecule has 102 valence electrons. The number of benzene rings is 2. The molecule has 0 fully saturated rings. The highest BCUT2D eigenvalue weighted by atomic mass is 17.1. The number of ether oxygens (including phenoxy) is 1. The van der Waals surface area contributed by atoms with E-state index in [0.29, 0.717) is 28.9 Å². The van der Waals surface area contributed by atoms with Crippen LogP contribution in [-0.4, -0.2) is 17.6 Å². The van der Waals surface area contributed by atoms with Crippen LogP contribution in [-0.2, 0) is 15.4 Å². The molecule has 4 nitrogen and oxygen atoms in total. The summed E-state index contributed by atoms with van der Waals surface area (Å²) in [5.74, 6) is -1.54. The molecular formula is C16H14O4. The van der Waals surface area contributed by atoms with Gasteiger partial charge in [0.25, 0.3) is 5.79 Å². The maximum absolute atomic E-state index is 12.5. The Morgan fingerprint density at radius 3 is 1.95 bits per heavy atom. The molecule has 0 heterocycles. The van der Waals surface area contributed by atoms with Crippen LogP contribution in [0.4, 0.5) is 0 Å². The van der Waals surface area contributed by atoms with E-state index in [0.717, 1.165) is 0 Å². The van der Waals surface area contributed by atoms with Gasteiger partial charge < -0.3 is 4.74 Å². The molecule has 0 spiro atoms. The Kier molecular flexibility index (Phi) is 3.14. The topological polar surface area (TPSA) is 55.8 Å². The highest BCUT2D eigenvalue weighted by Crippen LogP contribution is 2.42. The zero-order valence-electron chi connectivity index (χ0n) is 11.0. The molecule has 0 aliphatic heterocycles. The standard InChI is InChI=1S/C16H14O4/c1-2-19-16(20-18)13-9-5-3-7-11(13)15(17)12-8-4-6-10-14(12)16/h3-10,18H,2H2,1H3. The van der Waals surface area contributed by atoms with E-state index in [9.17, 15) is 10.1 Å². The van der Waals surface area contributed by atoms with Crippen molar-refractivity contribution < 1.29 is 19.7 Å². The fraction of sp³-hybridized carbons (Fsp3) is 0.188. The van der Waals surface area contributed by atoms with E-state index >= 15 is 0 Å². The Morgan fingerprint density at radius 2 is 1.50 bits per heavy atom. The summed E-state index contributed by atoms with van der Waals surface area (Å²) in [6, 6.07) is 14.0. The number of carbonyl (C=O) groups excluding carboxylic acids is 1. The number of hydrogen-bond acceptors (Lipinski definition) is 4. The van der Waals surface area contributed by atoms with E-state index < -0.39 is 5.79 Å². The Bertz CT molecular complexity index is 614. The molecule has 0 atom stereocenters. The van der Waals surface area contributed by atoms with Gasteiger partial charge in [-0.3, -0.25) is 4.79 Å². The lowest BCUT2D eigenvalue weighted by Gasteiger charge is -2.36. The molecule has 4 heteroatoms. The molecule has 3 rings (SSSR count). The van der Waals surface area contributed by atoms with Gasteiger partial charge in [0, 0.05) is 28.9 Å². The first-order valence-electron chi connectivity index (χ1n) is 6.45. The molecule has 0 unspecified atom stereocenters. The normalized spacial score (nSPS) is 15.6. The molecule has 2 aromatic carbocycles. The first kappa shape index (κ1) is 13.0. The maximum Gasteiger partial charge on any atom is 0.255 e. The molecule has 1 aliphatic carbocycles. The predicted molar refractivity (Wildman–Crippen MR) is 72.4 cm³/mol. The second kappa shape index (κ2) is 4.83. The molecule has 20 heavy (non-hydrogen) atoms. The quantitative estimate of drug-likeness (QED) is 0.529. The predicted octanol–water partition coefficient (Wildman–Crippen LogP) is 2.96. The molecule has 0 amide bonds. The number of fused-ring (bicyclic) bond motifs is 2. The number of carbonyl (C=O) groups is 1. The second-order valence-corrected chi connectivity index (χ2v) is 4.56. The Morgan fingerprint density at radius 1 is 1.00 bits per heavy atom. The van der Waals surface area contributed by atoms with Gasteiger partial charge in [-0.1, -0.05) is 48.5 Å². The Hall–Kier alpha value is -2.01. The highest BCUT2D eigenvalue weighted by molar-refractivity contribution is 6.12. The second-order valence-electron chi connectivity index (χ2n) is 4.56. The smallest absolute Gasteiger partial charge is 0.255 e. The monoisotopic (exact) mass is 270 g/mol. The molecule has 0 aromatic heterocycles. The van der Waals surface area contributed by atoms with Crippen molar-refractivity contribution in [2.45, 2.75) is 12.7 Å². The van der Waals surface area contributed by atoms with Crippen molar-refractivity contribution in [3.8, 4) is 0 Å². The third-order valence-corrected chi connectivity index (χ3v) is 3.53. The van der Waals surface area contributed by atoms with Crippen molar-refractivity contribution in [2.24, 2.45) is 0 Å². The first-order valence-corrected chi connectivity index (χ1v) is 6.45. The average Bonchev–Trinajstić information content (AvgIpc) is 2.51. The summed E-state index contributed by atoms with van der Waals surface area (Å²) in [6.07, 6.45) is 0. The minimum absolute atomic E-state index is 0.0939. The first-order chi connectivity index (χ1) is 9.74. The van der Waals surface area contributed by atoms with Gasteiger partial charge in [-0.15, -0.1) is 0 Å². The summed E-state index contributed by atoms with van der Waals surface area (Å²) in [7, 11) is 0. The van der Waals surface area contributed by atoms with Crippen LogP contribution in [0.5, 0.6) is 0 Å². The summed E-state index contributed by atoms with van der Waals surface area (Å²) < 4.78 is 5.70. The van der Waals surface area contributed by atoms with Crippen molar-refractivity contribution in [2.75, 3.05) is 6.61 Å². The number of ketones is 1. The van der Waals surface area contributed by atoms with Crippen LogP contribution in [0.2, 0.25) is 0 Å². The van der Waals surface area contributed by atoms with Crippen LogP contribution in [0, 0.1) is 0 Å². The third-order valence-electron chi connectivity index (χ3n) is 3.53. The van der Waals surface area contributed by atoms with Crippen molar-refractivity contribution in [3.63, 3.8) is 0 Å². The summed E-state index contributed by atoms with van der Waals surface area (Å²) in [5.41, 5.74) is 2.00. The average molecular weight is 270 g/mol. The summed E-state index contributed by atoms with van der Waals surface area (Å²) in [5, 5.41) is 9.52. The Labute approximate surface area is 116 Å². The summed E-state index contributed by atoms with van der Waals surface area (Å²) in [4.78, 5) is 17.3. The van der Waals surface area contributed by atoms with Crippen LogP contribution in [0.15, 0.2) is 48.5 Å². The van der Waals surface area contributed by atoms with Gasteiger partial charge in [0.05, 0.1) is 0 Å². The molecule has 0 radical (unpaired) electrons. The third kappa shape index (κ3) is 1.63. The molecule has 2 aromatic rings. The Balaban J connectivity index is 2.35. The lowest BCUT2D eigenvalue weighted by atomic mass is 9.80. The summed E-state index contributed by atoms with van der Waals surface area (Å²) in [6.45, 7) is 2.14. The van der Waals surface area contributed by atoms with Gasteiger partial charge in [0.2, 0.25) is 0 Å². The maximum atomic E-state index is 12.5. The number of hydrogen-bond donors (Lipinski definition) is 1. The van der Waals surface area contributed by atoms with E-state index in [-0.39, 0.29) is 5.78 Å². The molecule has 0 bridgehead atoms. The van der Waals surface area contributed by atoms with Gasteiger partial charge in [0.1, 0.15) is 0 Å².